The predicted molar refractivity (Wildman–Crippen MR) is 62.4 cm³/mol. The Morgan fingerprint density at radius 1 is 1.57 bits per heavy atom. The molecule has 2 N–H and O–H groups in total. The zero-order chi connectivity index (χ0) is 9.97. The van der Waals surface area contributed by atoms with Gasteiger partial charge in [0.2, 0.25) is 0 Å². The summed E-state index contributed by atoms with van der Waals surface area (Å²) in [5.74, 6) is 0.704. The smallest absolute Gasteiger partial charge is 0.0813 e. The summed E-state index contributed by atoms with van der Waals surface area (Å²) in [7, 11) is 0. The van der Waals surface area contributed by atoms with E-state index in [2.05, 4.69) is 27.4 Å². The summed E-state index contributed by atoms with van der Waals surface area (Å²) in [6, 6.07) is 2.11. The van der Waals surface area contributed by atoms with Crippen molar-refractivity contribution in [1.82, 2.24) is 0 Å². The zero-order valence-electron chi connectivity index (χ0n) is 7.91. The molecule has 0 spiro atoms. The molecule has 2 nitrogen and oxygen atoms in total. The second-order valence-electron chi connectivity index (χ2n) is 3.74. The van der Waals surface area contributed by atoms with Crippen LogP contribution in [0.15, 0.2) is 15.9 Å². The standard InChI is InChI=1S/C10H14BrNOS/c11-8-3-10(14-6-8)5-13-9-1-7(2-9)4-12/h3,6-7,9H,1-2,4-5,12H2. The summed E-state index contributed by atoms with van der Waals surface area (Å²) < 4.78 is 6.89. The van der Waals surface area contributed by atoms with Crippen LogP contribution < -0.4 is 5.73 Å². The van der Waals surface area contributed by atoms with Crippen LogP contribution in [0.4, 0.5) is 0 Å². The van der Waals surface area contributed by atoms with E-state index in [-0.39, 0.29) is 0 Å². The maximum Gasteiger partial charge on any atom is 0.0813 e. The molecule has 1 aliphatic carbocycles. The van der Waals surface area contributed by atoms with E-state index >= 15 is 0 Å². The Labute approximate surface area is 96.6 Å². The maximum absolute atomic E-state index is 5.74. The van der Waals surface area contributed by atoms with E-state index in [0.29, 0.717) is 12.0 Å². The molecular formula is C10H14BrNOS. The van der Waals surface area contributed by atoms with E-state index in [0.717, 1.165) is 30.5 Å². The lowest BCUT2D eigenvalue weighted by Crippen LogP contribution is -2.35. The first-order valence-electron chi connectivity index (χ1n) is 4.82. The number of nitrogens with two attached hydrogens (primary N) is 1. The highest BCUT2D eigenvalue weighted by molar-refractivity contribution is 9.10. The predicted octanol–water partition coefficient (Wildman–Crippen LogP) is 2.76. The quantitative estimate of drug-likeness (QED) is 0.917. The van der Waals surface area contributed by atoms with Gasteiger partial charge in [-0.05, 0) is 47.3 Å². The second-order valence-corrected chi connectivity index (χ2v) is 5.65. The van der Waals surface area contributed by atoms with Gasteiger partial charge in [0.1, 0.15) is 0 Å². The van der Waals surface area contributed by atoms with Crippen LogP contribution in [0.1, 0.15) is 17.7 Å². The summed E-state index contributed by atoms with van der Waals surface area (Å²) in [6.07, 6.45) is 2.73. The highest BCUT2D eigenvalue weighted by atomic mass is 79.9. The SMILES string of the molecule is NCC1CC(OCc2cc(Br)cs2)C1. The van der Waals surface area contributed by atoms with Gasteiger partial charge in [0.15, 0.2) is 0 Å². The third-order valence-corrected chi connectivity index (χ3v) is 4.28. The second kappa shape index (κ2) is 4.75. The molecule has 0 aliphatic heterocycles. The maximum atomic E-state index is 5.74. The fraction of sp³-hybridized carbons (Fsp3) is 0.600. The number of hydrogen-bond donors (Lipinski definition) is 1. The van der Waals surface area contributed by atoms with Crippen LogP contribution in [0.2, 0.25) is 0 Å². The Morgan fingerprint density at radius 3 is 2.93 bits per heavy atom. The number of rotatable bonds is 4. The van der Waals surface area contributed by atoms with Crippen LogP contribution in [0.3, 0.4) is 0 Å². The molecular weight excluding hydrogens is 262 g/mol. The lowest BCUT2D eigenvalue weighted by Gasteiger charge is -2.34. The van der Waals surface area contributed by atoms with Gasteiger partial charge in [0.25, 0.3) is 0 Å². The molecule has 1 heterocycles. The molecule has 0 saturated heterocycles. The molecule has 0 bridgehead atoms. The van der Waals surface area contributed by atoms with Crippen molar-refractivity contribution >= 4 is 27.3 Å². The summed E-state index contributed by atoms with van der Waals surface area (Å²) in [5.41, 5.74) is 5.55. The van der Waals surface area contributed by atoms with Crippen molar-refractivity contribution in [3.63, 3.8) is 0 Å². The molecule has 0 aromatic carbocycles. The Morgan fingerprint density at radius 2 is 2.36 bits per heavy atom. The monoisotopic (exact) mass is 275 g/mol. The van der Waals surface area contributed by atoms with Crippen LogP contribution in [0.25, 0.3) is 0 Å². The molecule has 14 heavy (non-hydrogen) atoms. The summed E-state index contributed by atoms with van der Waals surface area (Å²) >= 11 is 5.17. The van der Waals surface area contributed by atoms with Gasteiger partial charge in [-0.1, -0.05) is 0 Å². The highest BCUT2D eigenvalue weighted by Gasteiger charge is 2.28. The van der Waals surface area contributed by atoms with E-state index in [1.54, 1.807) is 11.3 Å². The van der Waals surface area contributed by atoms with Crippen molar-refractivity contribution in [1.29, 1.82) is 0 Å². The van der Waals surface area contributed by atoms with E-state index in [9.17, 15) is 0 Å². The van der Waals surface area contributed by atoms with Gasteiger partial charge >= 0.3 is 0 Å². The van der Waals surface area contributed by atoms with Crippen LogP contribution in [0.5, 0.6) is 0 Å². The van der Waals surface area contributed by atoms with Crippen molar-refractivity contribution in [2.45, 2.75) is 25.6 Å². The minimum Gasteiger partial charge on any atom is -0.373 e. The Bertz CT molecular complexity index is 296. The molecule has 1 aromatic rings. The number of thiophene rings is 1. The van der Waals surface area contributed by atoms with E-state index < -0.39 is 0 Å². The van der Waals surface area contributed by atoms with E-state index in [4.69, 9.17) is 10.5 Å². The number of hydrogen-bond acceptors (Lipinski definition) is 3. The minimum absolute atomic E-state index is 0.449. The fourth-order valence-electron chi connectivity index (χ4n) is 1.63. The molecule has 2 rings (SSSR count). The van der Waals surface area contributed by atoms with Gasteiger partial charge < -0.3 is 10.5 Å². The van der Waals surface area contributed by atoms with Crippen LogP contribution in [-0.2, 0) is 11.3 Å². The molecule has 1 aromatic heterocycles. The third-order valence-electron chi connectivity index (χ3n) is 2.61. The van der Waals surface area contributed by atoms with Crippen molar-refractivity contribution in [2.24, 2.45) is 11.7 Å². The van der Waals surface area contributed by atoms with Crippen LogP contribution in [0, 0.1) is 5.92 Å². The van der Waals surface area contributed by atoms with Crippen molar-refractivity contribution in [3.05, 3.63) is 20.8 Å². The van der Waals surface area contributed by atoms with Crippen molar-refractivity contribution in [2.75, 3.05) is 6.54 Å². The lowest BCUT2D eigenvalue weighted by atomic mass is 9.82. The normalized spacial score (nSPS) is 26.1. The van der Waals surface area contributed by atoms with Gasteiger partial charge in [0.05, 0.1) is 12.7 Å². The van der Waals surface area contributed by atoms with Gasteiger partial charge in [-0.3, -0.25) is 0 Å². The molecule has 1 saturated carbocycles. The molecule has 0 amide bonds. The average Bonchev–Trinajstić information content (AvgIpc) is 2.49. The summed E-state index contributed by atoms with van der Waals surface area (Å²) in [5, 5.41) is 2.09. The largest absolute Gasteiger partial charge is 0.373 e. The first-order chi connectivity index (χ1) is 6.78. The summed E-state index contributed by atoms with van der Waals surface area (Å²) in [6.45, 7) is 1.56. The average molecular weight is 276 g/mol. The molecule has 78 valence electrons. The summed E-state index contributed by atoms with van der Waals surface area (Å²) in [4.78, 5) is 1.29. The Kier molecular flexibility index (Phi) is 3.60. The van der Waals surface area contributed by atoms with Crippen molar-refractivity contribution < 1.29 is 4.74 Å². The minimum atomic E-state index is 0.449. The van der Waals surface area contributed by atoms with E-state index in [1.165, 1.54) is 4.88 Å². The topological polar surface area (TPSA) is 35.2 Å². The Balaban J connectivity index is 1.69. The van der Waals surface area contributed by atoms with Gasteiger partial charge in [-0.15, -0.1) is 11.3 Å². The van der Waals surface area contributed by atoms with Gasteiger partial charge in [-0.2, -0.15) is 0 Å². The molecule has 1 fully saturated rings. The molecule has 1 aliphatic rings. The molecule has 0 atom stereocenters. The Hall–Kier alpha value is 0.1000. The lowest BCUT2D eigenvalue weighted by molar-refractivity contribution is -0.0365. The number of halogens is 1. The van der Waals surface area contributed by atoms with Crippen molar-refractivity contribution in [3.8, 4) is 0 Å². The van der Waals surface area contributed by atoms with Gasteiger partial charge in [0, 0.05) is 14.7 Å². The first-order valence-corrected chi connectivity index (χ1v) is 6.49. The van der Waals surface area contributed by atoms with Crippen LogP contribution >= 0.6 is 27.3 Å². The first kappa shape index (κ1) is 10.6. The van der Waals surface area contributed by atoms with Gasteiger partial charge in [-0.25, -0.2) is 0 Å². The molecule has 4 heteroatoms. The molecule has 0 unspecified atom stereocenters. The highest BCUT2D eigenvalue weighted by Crippen LogP contribution is 2.30. The third kappa shape index (κ3) is 2.57. The fourth-order valence-corrected chi connectivity index (χ4v) is 3.00. The zero-order valence-corrected chi connectivity index (χ0v) is 10.3. The number of ether oxygens (including phenoxy) is 1. The van der Waals surface area contributed by atoms with E-state index in [1.807, 2.05) is 0 Å². The van der Waals surface area contributed by atoms with Crippen LogP contribution in [-0.4, -0.2) is 12.6 Å². The molecule has 0 radical (unpaired) electrons.